The Balaban J connectivity index is 2.85. The van der Waals surface area contributed by atoms with Crippen LogP contribution in [0.1, 0.15) is 16.1 Å². The van der Waals surface area contributed by atoms with Gasteiger partial charge >= 0.3 is 0 Å². The van der Waals surface area contributed by atoms with Crippen molar-refractivity contribution in [3.8, 4) is 0 Å². The fraction of sp³-hybridized carbons (Fsp3) is 0.333. The van der Waals surface area contributed by atoms with E-state index in [0.717, 1.165) is 5.69 Å². The van der Waals surface area contributed by atoms with Gasteiger partial charge in [0.1, 0.15) is 5.56 Å². The van der Waals surface area contributed by atoms with E-state index in [9.17, 15) is 9.59 Å². The van der Waals surface area contributed by atoms with Gasteiger partial charge in [-0.3, -0.25) is 9.59 Å². The number of pyridine rings is 1. The van der Waals surface area contributed by atoms with E-state index < -0.39 is 5.91 Å². The minimum Gasteiger partial charge on any atom is -0.364 e. The highest BCUT2D eigenvalue weighted by atomic mass is 16.2. The summed E-state index contributed by atoms with van der Waals surface area (Å²) in [5.41, 5.74) is 5.78. The summed E-state index contributed by atoms with van der Waals surface area (Å²) in [6.45, 7) is 2.48. The summed E-state index contributed by atoms with van der Waals surface area (Å²) in [6.07, 6.45) is 1.41. The molecule has 0 spiro atoms. The van der Waals surface area contributed by atoms with Crippen molar-refractivity contribution in [2.75, 3.05) is 13.1 Å². The lowest BCUT2D eigenvalue weighted by molar-refractivity contribution is 0.0953. The van der Waals surface area contributed by atoms with Crippen molar-refractivity contribution in [1.29, 1.82) is 0 Å². The molecule has 0 bridgehead atoms. The van der Waals surface area contributed by atoms with Crippen molar-refractivity contribution >= 4 is 5.91 Å². The van der Waals surface area contributed by atoms with Crippen LogP contribution in [0.15, 0.2) is 17.1 Å². The van der Waals surface area contributed by atoms with Crippen molar-refractivity contribution in [2.45, 2.75) is 6.92 Å². The highest BCUT2D eigenvalue weighted by Crippen LogP contribution is 1.91. The lowest BCUT2D eigenvalue weighted by Crippen LogP contribution is -2.32. The number of hydrogen-bond donors (Lipinski definition) is 3. The Morgan fingerprint density at radius 3 is 2.93 bits per heavy atom. The molecule has 0 aromatic carbocycles. The van der Waals surface area contributed by atoms with Crippen molar-refractivity contribution in [2.24, 2.45) is 5.73 Å². The first-order valence-corrected chi connectivity index (χ1v) is 4.32. The van der Waals surface area contributed by atoms with Crippen molar-refractivity contribution in [1.82, 2.24) is 10.3 Å². The number of hydrogen-bond acceptors (Lipinski definition) is 3. The lowest BCUT2D eigenvalue weighted by Gasteiger charge is -2.02. The van der Waals surface area contributed by atoms with Crippen LogP contribution in [-0.2, 0) is 0 Å². The fourth-order valence-electron chi connectivity index (χ4n) is 1.03. The zero-order valence-corrected chi connectivity index (χ0v) is 7.96. The fourth-order valence-corrected chi connectivity index (χ4v) is 1.03. The predicted octanol–water partition coefficient (Wildman–Crippen LogP) is -0.628. The molecule has 1 heterocycles. The Kier molecular flexibility index (Phi) is 3.41. The minimum atomic E-state index is -0.392. The molecule has 0 fully saturated rings. The predicted molar refractivity (Wildman–Crippen MR) is 53.2 cm³/mol. The lowest BCUT2D eigenvalue weighted by atomic mass is 10.2. The van der Waals surface area contributed by atoms with Crippen LogP contribution in [0.4, 0.5) is 0 Å². The summed E-state index contributed by atoms with van der Waals surface area (Å²) >= 11 is 0. The Morgan fingerprint density at radius 2 is 2.36 bits per heavy atom. The SMILES string of the molecule is Cc1cc(=O)c(C(=O)NCCN)c[nH]1. The second-order valence-corrected chi connectivity index (χ2v) is 2.94. The average Bonchev–Trinajstić information content (AvgIpc) is 2.14. The molecule has 5 heteroatoms. The third kappa shape index (κ3) is 2.43. The smallest absolute Gasteiger partial charge is 0.256 e. The van der Waals surface area contributed by atoms with E-state index in [2.05, 4.69) is 10.3 Å². The largest absolute Gasteiger partial charge is 0.364 e. The molecule has 76 valence electrons. The molecule has 1 amide bonds. The number of carbonyl (C=O) groups is 1. The third-order valence-electron chi connectivity index (χ3n) is 1.73. The van der Waals surface area contributed by atoms with Crippen LogP contribution in [0, 0.1) is 6.92 Å². The summed E-state index contributed by atoms with van der Waals surface area (Å²) in [7, 11) is 0. The minimum absolute atomic E-state index is 0.115. The Labute approximate surface area is 81.3 Å². The molecule has 0 unspecified atom stereocenters. The van der Waals surface area contributed by atoms with Crippen LogP contribution in [0.2, 0.25) is 0 Å². The number of aromatic nitrogens is 1. The van der Waals surface area contributed by atoms with E-state index in [-0.39, 0.29) is 11.0 Å². The topological polar surface area (TPSA) is 88.0 Å². The van der Waals surface area contributed by atoms with Gasteiger partial charge in [-0.1, -0.05) is 0 Å². The van der Waals surface area contributed by atoms with Gasteiger partial charge in [0.15, 0.2) is 5.43 Å². The summed E-state index contributed by atoms with van der Waals surface area (Å²) in [5.74, 6) is -0.392. The molecule has 0 aliphatic heterocycles. The molecule has 0 saturated carbocycles. The van der Waals surface area contributed by atoms with Gasteiger partial charge in [0, 0.05) is 31.0 Å². The van der Waals surface area contributed by atoms with Crippen molar-refractivity contribution in [3.63, 3.8) is 0 Å². The quantitative estimate of drug-likeness (QED) is 0.600. The second kappa shape index (κ2) is 4.57. The molecular weight excluding hydrogens is 182 g/mol. The van der Waals surface area contributed by atoms with E-state index >= 15 is 0 Å². The van der Waals surface area contributed by atoms with Gasteiger partial charge in [0.25, 0.3) is 5.91 Å². The van der Waals surface area contributed by atoms with Crippen LogP contribution >= 0.6 is 0 Å². The van der Waals surface area contributed by atoms with Crippen LogP contribution in [-0.4, -0.2) is 24.0 Å². The first-order valence-electron chi connectivity index (χ1n) is 4.32. The number of rotatable bonds is 3. The molecule has 0 radical (unpaired) electrons. The molecule has 1 aromatic rings. The maximum absolute atomic E-state index is 11.3. The number of nitrogens with one attached hydrogen (secondary N) is 2. The van der Waals surface area contributed by atoms with Crippen LogP contribution < -0.4 is 16.5 Å². The van der Waals surface area contributed by atoms with Gasteiger partial charge in [0.05, 0.1) is 0 Å². The van der Waals surface area contributed by atoms with Gasteiger partial charge in [-0.25, -0.2) is 0 Å². The van der Waals surface area contributed by atoms with Crippen molar-refractivity contribution < 1.29 is 4.79 Å². The third-order valence-corrected chi connectivity index (χ3v) is 1.73. The van der Waals surface area contributed by atoms with Gasteiger partial charge in [-0.15, -0.1) is 0 Å². The standard InChI is InChI=1S/C9H13N3O2/c1-6-4-8(13)7(5-12-6)9(14)11-3-2-10/h4-5H,2-3,10H2,1H3,(H,11,14)(H,12,13). The Bertz CT molecular complexity index is 384. The highest BCUT2D eigenvalue weighted by Gasteiger charge is 2.08. The molecule has 4 N–H and O–H groups in total. The van der Waals surface area contributed by atoms with E-state index in [0.29, 0.717) is 13.1 Å². The van der Waals surface area contributed by atoms with Gasteiger partial charge < -0.3 is 16.0 Å². The normalized spacial score (nSPS) is 9.86. The monoisotopic (exact) mass is 195 g/mol. The maximum atomic E-state index is 11.3. The Hall–Kier alpha value is -1.62. The van der Waals surface area contributed by atoms with Gasteiger partial charge in [-0.2, -0.15) is 0 Å². The molecule has 1 rings (SSSR count). The first kappa shape index (κ1) is 10.5. The molecular formula is C9H13N3O2. The van der Waals surface area contributed by atoms with E-state index in [4.69, 9.17) is 5.73 Å². The number of H-pyrrole nitrogens is 1. The van der Waals surface area contributed by atoms with Crippen LogP contribution in [0.25, 0.3) is 0 Å². The number of amides is 1. The Morgan fingerprint density at radius 1 is 1.64 bits per heavy atom. The van der Waals surface area contributed by atoms with Gasteiger partial charge in [-0.05, 0) is 6.92 Å². The van der Waals surface area contributed by atoms with E-state index in [1.807, 2.05) is 0 Å². The maximum Gasteiger partial charge on any atom is 0.256 e. The zero-order valence-electron chi connectivity index (χ0n) is 7.96. The summed E-state index contributed by atoms with van der Waals surface area (Å²) in [6, 6.07) is 1.39. The number of carbonyl (C=O) groups excluding carboxylic acids is 1. The summed E-state index contributed by atoms with van der Waals surface area (Å²) in [5, 5.41) is 2.52. The number of nitrogens with two attached hydrogens (primary N) is 1. The average molecular weight is 195 g/mol. The molecule has 0 aliphatic carbocycles. The molecule has 0 aliphatic rings. The zero-order chi connectivity index (χ0) is 10.6. The second-order valence-electron chi connectivity index (χ2n) is 2.94. The molecule has 1 aromatic heterocycles. The van der Waals surface area contributed by atoms with Crippen molar-refractivity contribution in [3.05, 3.63) is 33.7 Å². The van der Waals surface area contributed by atoms with E-state index in [1.54, 1.807) is 6.92 Å². The number of aryl methyl sites for hydroxylation is 1. The molecule has 14 heavy (non-hydrogen) atoms. The summed E-state index contributed by atoms with van der Waals surface area (Å²) in [4.78, 5) is 25.5. The first-order chi connectivity index (χ1) is 6.65. The molecule has 0 saturated heterocycles. The van der Waals surface area contributed by atoms with Crippen LogP contribution in [0.3, 0.4) is 0 Å². The van der Waals surface area contributed by atoms with Gasteiger partial charge in [0.2, 0.25) is 0 Å². The van der Waals surface area contributed by atoms with Crippen LogP contribution in [0.5, 0.6) is 0 Å². The molecule has 5 nitrogen and oxygen atoms in total. The summed E-state index contributed by atoms with van der Waals surface area (Å²) < 4.78 is 0. The molecule has 0 atom stereocenters. The number of aromatic amines is 1. The highest BCUT2D eigenvalue weighted by molar-refractivity contribution is 5.93. The van der Waals surface area contributed by atoms with E-state index in [1.165, 1.54) is 12.3 Å².